The van der Waals surface area contributed by atoms with Crippen LogP contribution in [0.1, 0.15) is 24.5 Å². The molecule has 0 unspecified atom stereocenters. The summed E-state index contributed by atoms with van der Waals surface area (Å²) in [7, 11) is 0. The second-order valence-corrected chi connectivity index (χ2v) is 6.77. The number of fused-ring (bicyclic) bond motifs is 1. The smallest absolute Gasteiger partial charge is 0.244 e. The number of nitrogens with one attached hydrogen (secondary N) is 1. The molecule has 3 rings (SSSR count). The number of aryl methyl sites for hydroxylation is 2. The van der Waals surface area contributed by atoms with Gasteiger partial charge >= 0.3 is 0 Å². The summed E-state index contributed by atoms with van der Waals surface area (Å²) in [6, 6.07) is 13.6. The molecule has 1 N–H and O–H groups in total. The summed E-state index contributed by atoms with van der Waals surface area (Å²) in [5.74, 6) is -0.204. The van der Waals surface area contributed by atoms with E-state index in [0.29, 0.717) is 12.8 Å². The van der Waals surface area contributed by atoms with Gasteiger partial charge in [0.05, 0.1) is 0 Å². The number of halogens is 1. The Morgan fingerprint density at radius 1 is 1.17 bits per heavy atom. The van der Waals surface area contributed by atoms with Crippen LogP contribution in [-0.4, -0.2) is 18.4 Å². The van der Waals surface area contributed by atoms with Crippen LogP contribution >= 0.6 is 15.9 Å². The highest BCUT2D eigenvalue weighted by atomic mass is 79.9. The molecule has 24 heavy (non-hydrogen) atoms. The third-order valence-electron chi connectivity index (χ3n) is 4.19. The van der Waals surface area contributed by atoms with Crippen LogP contribution in [0.15, 0.2) is 46.9 Å². The lowest BCUT2D eigenvalue weighted by Gasteiger charge is -2.29. The summed E-state index contributed by atoms with van der Waals surface area (Å²) in [5.41, 5.74) is 3.88. The standard InChI is InChI=1S/C19H19BrN2O2/c1-2-13-3-7-16(8-4-13)21-18(23)12-22-17-9-6-15(20)11-14(17)5-10-19(22)24/h3-4,6-9,11H,2,5,10,12H2,1H3,(H,21,23). The fraction of sp³-hybridized carbons (Fsp3) is 0.263. The number of carbonyl (C=O) groups excluding carboxylic acids is 2. The average molecular weight is 387 g/mol. The van der Waals surface area contributed by atoms with E-state index in [0.717, 1.165) is 27.8 Å². The molecule has 0 bridgehead atoms. The fourth-order valence-corrected chi connectivity index (χ4v) is 3.28. The molecule has 0 saturated carbocycles. The highest BCUT2D eigenvalue weighted by molar-refractivity contribution is 9.10. The lowest BCUT2D eigenvalue weighted by Crippen LogP contribution is -2.40. The van der Waals surface area contributed by atoms with Crippen LogP contribution in [0.5, 0.6) is 0 Å². The zero-order valence-corrected chi connectivity index (χ0v) is 15.1. The predicted molar refractivity (Wildman–Crippen MR) is 99.3 cm³/mol. The van der Waals surface area contributed by atoms with Crippen molar-refractivity contribution in [3.8, 4) is 0 Å². The second-order valence-electron chi connectivity index (χ2n) is 5.85. The van der Waals surface area contributed by atoms with E-state index in [4.69, 9.17) is 0 Å². The van der Waals surface area contributed by atoms with Gasteiger partial charge in [-0.1, -0.05) is 35.0 Å². The number of hydrogen-bond acceptors (Lipinski definition) is 2. The topological polar surface area (TPSA) is 49.4 Å². The SMILES string of the molecule is CCc1ccc(NC(=O)CN2C(=O)CCc3cc(Br)ccc32)cc1. The molecule has 2 amide bonds. The van der Waals surface area contributed by atoms with Gasteiger partial charge in [0.15, 0.2) is 0 Å². The number of rotatable bonds is 4. The highest BCUT2D eigenvalue weighted by Gasteiger charge is 2.26. The maximum Gasteiger partial charge on any atom is 0.244 e. The van der Waals surface area contributed by atoms with Crippen molar-refractivity contribution in [2.75, 3.05) is 16.8 Å². The lowest BCUT2D eigenvalue weighted by molar-refractivity contribution is -0.121. The summed E-state index contributed by atoms with van der Waals surface area (Å²) in [4.78, 5) is 26.2. The molecule has 0 radical (unpaired) electrons. The minimum atomic E-state index is -0.191. The van der Waals surface area contributed by atoms with E-state index in [-0.39, 0.29) is 18.4 Å². The van der Waals surface area contributed by atoms with Gasteiger partial charge in [0.25, 0.3) is 0 Å². The van der Waals surface area contributed by atoms with Crippen molar-refractivity contribution < 1.29 is 9.59 Å². The van der Waals surface area contributed by atoms with Gasteiger partial charge in [0, 0.05) is 22.3 Å². The molecule has 4 nitrogen and oxygen atoms in total. The summed E-state index contributed by atoms with van der Waals surface area (Å²) in [5, 5.41) is 2.86. The van der Waals surface area contributed by atoms with Crippen LogP contribution in [0.3, 0.4) is 0 Å². The molecule has 0 spiro atoms. The van der Waals surface area contributed by atoms with Crippen molar-refractivity contribution in [2.45, 2.75) is 26.2 Å². The Kier molecular flexibility index (Phi) is 5.00. The monoisotopic (exact) mass is 386 g/mol. The Hall–Kier alpha value is -2.14. The Morgan fingerprint density at radius 3 is 2.62 bits per heavy atom. The van der Waals surface area contributed by atoms with Gasteiger partial charge in [0.2, 0.25) is 11.8 Å². The first-order chi connectivity index (χ1) is 11.6. The van der Waals surface area contributed by atoms with E-state index in [9.17, 15) is 9.59 Å². The highest BCUT2D eigenvalue weighted by Crippen LogP contribution is 2.30. The number of carbonyl (C=O) groups is 2. The van der Waals surface area contributed by atoms with Crippen molar-refractivity contribution in [1.82, 2.24) is 0 Å². The summed E-state index contributed by atoms with van der Waals surface area (Å²) in [6.45, 7) is 2.12. The van der Waals surface area contributed by atoms with E-state index in [2.05, 4.69) is 28.2 Å². The van der Waals surface area contributed by atoms with Crippen molar-refractivity contribution in [1.29, 1.82) is 0 Å². The van der Waals surface area contributed by atoms with Crippen LogP contribution in [0.4, 0.5) is 11.4 Å². The first-order valence-corrected chi connectivity index (χ1v) is 8.83. The summed E-state index contributed by atoms with van der Waals surface area (Å²) in [6.07, 6.45) is 2.11. The van der Waals surface area contributed by atoms with Crippen LogP contribution in [-0.2, 0) is 22.4 Å². The molecule has 0 saturated heterocycles. The van der Waals surface area contributed by atoms with Crippen molar-refractivity contribution >= 4 is 39.1 Å². The quantitative estimate of drug-likeness (QED) is 0.864. The lowest BCUT2D eigenvalue weighted by atomic mass is 10.0. The van der Waals surface area contributed by atoms with Crippen molar-refractivity contribution in [3.63, 3.8) is 0 Å². The van der Waals surface area contributed by atoms with Gasteiger partial charge < -0.3 is 10.2 Å². The zero-order valence-electron chi connectivity index (χ0n) is 13.5. The summed E-state index contributed by atoms with van der Waals surface area (Å²) >= 11 is 3.45. The minimum Gasteiger partial charge on any atom is -0.325 e. The van der Waals surface area contributed by atoms with Crippen LogP contribution in [0, 0.1) is 0 Å². The molecule has 1 aliphatic rings. The molecule has 124 valence electrons. The van der Waals surface area contributed by atoms with Gasteiger partial charge in [-0.25, -0.2) is 0 Å². The Morgan fingerprint density at radius 2 is 1.92 bits per heavy atom. The van der Waals surface area contributed by atoms with E-state index < -0.39 is 0 Å². The van der Waals surface area contributed by atoms with Crippen LogP contribution in [0.25, 0.3) is 0 Å². The molecule has 5 heteroatoms. The van der Waals surface area contributed by atoms with Gasteiger partial charge in [-0.15, -0.1) is 0 Å². The molecule has 0 fully saturated rings. The van der Waals surface area contributed by atoms with Crippen LogP contribution in [0.2, 0.25) is 0 Å². The number of nitrogens with zero attached hydrogens (tertiary/aromatic N) is 1. The van der Waals surface area contributed by atoms with Gasteiger partial charge in [-0.3, -0.25) is 9.59 Å². The maximum atomic E-state index is 12.3. The molecule has 2 aromatic rings. The number of hydrogen-bond donors (Lipinski definition) is 1. The Balaban J connectivity index is 1.72. The average Bonchev–Trinajstić information content (AvgIpc) is 2.58. The van der Waals surface area contributed by atoms with Gasteiger partial charge in [0.1, 0.15) is 6.54 Å². The maximum absolute atomic E-state index is 12.3. The fourth-order valence-electron chi connectivity index (χ4n) is 2.87. The number of amides is 2. The second kappa shape index (κ2) is 7.18. The molecule has 0 aliphatic carbocycles. The van der Waals surface area contributed by atoms with Gasteiger partial charge in [-0.05, 0) is 54.3 Å². The largest absolute Gasteiger partial charge is 0.325 e. The van der Waals surface area contributed by atoms with Gasteiger partial charge in [-0.2, -0.15) is 0 Å². The molecule has 1 aliphatic heterocycles. The van der Waals surface area contributed by atoms with E-state index >= 15 is 0 Å². The molecule has 1 heterocycles. The zero-order chi connectivity index (χ0) is 17.1. The van der Waals surface area contributed by atoms with Crippen molar-refractivity contribution in [3.05, 3.63) is 58.1 Å². The normalized spacial score (nSPS) is 13.6. The predicted octanol–water partition coefficient (Wildman–Crippen LogP) is 3.93. The van der Waals surface area contributed by atoms with E-state index in [1.54, 1.807) is 4.90 Å². The number of benzene rings is 2. The Labute approximate surface area is 150 Å². The minimum absolute atomic E-state index is 0.0127. The number of anilines is 2. The molecule has 2 aromatic carbocycles. The molecular formula is C19H19BrN2O2. The van der Waals surface area contributed by atoms with E-state index in [1.807, 2.05) is 42.5 Å². The third kappa shape index (κ3) is 3.67. The third-order valence-corrected chi connectivity index (χ3v) is 4.68. The first kappa shape index (κ1) is 16.7. The molecule has 0 atom stereocenters. The molecular weight excluding hydrogens is 368 g/mol. The van der Waals surface area contributed by atoms with Crippen molar-refractivity contribution in [2.24, 2.45) is 0 Å². The molecule has 0 aromatic heterocycles. The van der Waals surface area contributed by atoms with E-state index in [1.165, 1.54) is 5.56 Å². The van der Waals surface area contributed by atoms with Crippen LogP contribution < -0.4 is 10.2 Å². The Bertz CT molecular complexity index is 771. The summed E-state index contributed by atoms with van der Waals surface area (Å²) < 4.78 is 0.982. The first-order valence-electron chi connectivity index (χ1n) is 8.04.